The molecule has 0 saturated heterocycles. The summed E-state index contributed by atoms with van der Waals surface area (Å²) in [6.45, 7) is 4.56. The maximum absolute atomic E-state index is 6.64. The van der Waals surface area contributed by atoms with E-state index in [1.54, 1.807) is 12.1 Å². The third-order valence-electron chi connectivity index (χ3n) is 6.39. The van der Waals surface area contributed by atoms with Crippen molar-refractivity contribution in [1.29, 1.82) is 0 Å². The van der Waals surface area contributed by atoms with Crippen LogP contribution in [0.1, 0.15) is 25.0 Å². The lowest BCUT2D eigenvalue weighted by atomic mass is 9.82. The summed E-state index contributed by atoms with van der Waals surface area (Å²) in [4.78, 5) is 0. The molecule has 0 unspecified atom stereocenters. The molecule has 0 radical (unpaired) electrons. The Labute approximate surface area is 183 Å². The lowest BCUT2D eigenvalue weighted by Gasteiger charge is -2.25. The van der Waals surface area contributed by atoms with Crippen molar-refractivity contribution in [3.63, 3.8) is 0 Å². The molecule has 1 aliphatic carbocycles. The van der Waals surface area contributed by atoms with Crippen LogP contribution in [0, 0.1) is 0 Å². The van der Waals surface area contributed by atoms with E-state index in [4.69, 9.17) is 10.6 Å². The molecule has 3 heteroatoms. The maximum atomic E-state index is 6.64. The van der Waals surface area contributed by atoms with Gasteiger partial charge in [0.05, 0.1) is 18.5 Å². The first-order chi connectivity index (χ1) is 15.0. The van der Waals surface area contributed by atoms with E-state index >= 15 is 0 Å². The van der Waals surface area contributed by atoms with E-state index in [9.17, 15) is 0 Å². The minimum absolute atomic E-state index is 0.0577. The predicted molar refractivity (Wildman–Crippen MR) is 129 cm³/mol. The first-order valence-electron chi connectivity index (χ1n) is 10.5. The standard InChI is InChI=1S/C28H26N2O/c1-28(2)25-12-8-7-11-22(25)23-15-13-21(18-26(23)28)30(29)20-14-16-27(31-3)24(17-20)19-9-5-4-6-10-19/h4-18H,29H2,1-3H3. The second-order valence-electron chi connectivity index (χ2n) is 8.52. The number of rotatable bonds is 4. The van der Waals surface area contributed by atoms with Crippen LogP contribution in [0.2, 0.25) is 0 Å². The zero-order valence-electron chi connectivity index (χ0n) is 18.1. The number of hydrazine groups is 1. The van der Waals surface area contributed by atoms with E-state index in [0.717, 1.165) is 28.3 Å². The van der Waals surface area contributed by atoms with E-state index in [1.807, 2.05) is 30.3 Å². The highest BCUT2D eigenvalue weighted by Crippen LogP contribution is 2.49. The summed E-state index contributed by atoms with van der Waals surface area (Å²) in [6, 6.07) is 31.5. The minimum atomic E-state index is -0.0577. The van der Waals surface area contributed by atoms with Gasteiger partial charge in [-0.05, 0) is 58.1 Å². The van der Waals surface area contributed by atoms with Crippen molar-refractivity contribution in [1.82, 2.24) is 0 Å². The molecule has 4 aromatic carbocycles. The molecule has 0 saturated carbocycles. The monoisotopic (exact) mass is 406 g/mol. The Bertz CT molecular complexity index is 1260. The molecule has 0 aliphatic heterocycles. The average Bonchev–Trinajstić information content (AvgIpc) is 3.05. The Hall–Kier alpha value is -3.56. The highest BCUT2D eigenvalue weighted by Gasteiger charge is 2.35. The van der Waals surface area contributed by atoms with E-state index in [2.05, 4.69) is 74.5 Å². The second-order valence-corrected chi connectivity index (χ2v) is 8.52. The van der Waals surface area contributed by atoms with Gasteiger partial charge in [0.2, 0.25) is 0 Å². The number of methoxy groups -OCH3 is 1. The average molecular weight is 407 g/mol. The summed E-state index contributed by atoms with van der Waals surface area (Å²) in [5.41, 5.74) is 9.20. The SMILES string of the molecule is COc1ccc(N(N)c2ccc3c(c2)C(C)(C)c2ccccc2-3)cc1-c1ccccc1. The number of nitrogens with zero attached hydrogens (tertiary/aromatic N) is 1. The summed E-state index contributed by atoms with van der Waals surface area (Å²) in [5, 5.41) is 1.76. The van der Waals surface area contributed by atoms with Gasteiger partial charge in [-0.15, -0.1) is 0 Å². The number of fused-ring (bicyclic) bond motifs is 3. The predicted octanol–water partition coefficient (Wildman–Crippen LogP) is 6.68. The normalized spacial score (nSPS) is 13.4. The number of anilines is 2. The zero-order valence-corrected chi connectivity index (χ0v) is 18.1. The third kappa shape index (κ3) is 3.09. The minimum Gasteiger partial charge on any atom is -0.496 e. The number of hydrogen-bond acceptors (Lipinski definition) is 3. The van der Waals surface area contributed by atoms with Crippen LogP contribution >= 0.6 is 0 Å². The molecule has 154 valence electrons. The molecule has 5 rings (SSSR count). The van der Waals surface area contributed by atoms with Gasteiger partial charge in [-0.3, -0.25) is 5.01 Å². The summed E-state index contributed by atoms with van der Waals surface area (Å²) >= 11 is 0. The van der Waals surface area contributed by atoms with E-state index in [-0.39, 0.29) is 5.41 Å². The number of benzene rings is 4. The smallest absolute Gasteiger partial charge is 0.126 e. The van der Waals surface area contributed by atoms with Gasteiger partial charge >= 0.3 is 0 Å². The molecular formula is C28H26N2O. The Morgan fingerprint density at radius 3 is 2.10 bits per heavy atom. The highest BCUT2D eigenvalue weighted by molar-refractivity contribution is 5.83. The van der Waals surface area contributed by atoms with Gasteiger partial charge < -0.3 is 4.74 Å². The molecule has 0 bridgehead atoms. The van der Waals surface area contributed by atoms with Crippen molar-refractivity contribution in [2.75, 3.05) is 12.1 Å². The lowest BCUT2D eigenvalue weighted by Crippen LogP contribution is -2.25. The van der Waals surface area contributed by atoms with Gasteiger partial charge in [-0.2, -0.15) is 0 Å². The van der Waals surface area contributed by atoms with Gasteiger partial charge in [0.1, 0.15) is 5.75 Å². The number of nitrogens with two attached hydrogens (primary N) is 1. The highest BCUT2D eigenvalue weighted by atomic mass is 16.5. The molecule has 0 spiro atoms. The largest absolute Gasteiger partial charge is 0.496 e. The van der Waals surface area contributed by atoms with E-state index < -0.39 is 0 Å². The van der Waals surface area contributed by atoms with E-state index in [1.165, 1.54) is 22.3 Å². The summed E-state index contributed by atoms with van der Waals surface area (Å²) < 4.78 is 5.60. The van der Waals surface area contributed by atoms with Crippen molar-refractivity contribution in [2.45, 2.75) is 19.3 Å². The second kappa shape index (κ2) is 7.29. The van der Waals surface area contributed by atoms with Crippen LogP contribution in [-0.4, -0.2) is 7.11 Å². The van der Waals surface area contributed by atoms with Gasteiger partial charge in [0, 0.05) is 11.0 Å². The first kappa shape index (κ1) is 19.4. The van der Waals surface area contributed by atoms with Crippen LogP contribution < -0.4 is 15.6 Å². The fraction of sp³-hybridized carbons (Fsp3) is 0.143. The first-order valence-corrected chi connectivity index (χ1v) is 10.5. The molecule has 0 fully saturated rings. The van der Waals surface area contributed by atoms with Gasteiger partial charge in [0.25, 0.3) is 0 Å². The van der Waals surface area contributed by atoms with Crippen molar-refractivity contribution < 1.29 is 4.74 Å². The molecule has 0 amide bonds. The molecule has 3 nitrogen and oxygen atoms in total. The summed E-state index contributed by atoms with van der Waals surface area (Å²) in [7, 11) is 1.70. The molecule has 4 aromatic rings. The zero-order chi connectivity index (χ0) is 21.6. The number of ether oxygens (including phenoxy) is 1. The van der Waals surface area contributed by atoms with Crippen LogP contribution in [0.3, 0.4) is 0 Å². The lowest BCUT2D eigenvalue weighted by molar-refractivity contribution is 0.416. The van der Waals surface area contributed by atoms with Crippen LogP contribution in [-0.2, 0) is 5.41 Å². The molecular weight excluding hydrogens is 380 g/mol. The van der Waals surface area contributed by atoms with Crippen molar-refractivity contribution in [2.24, 2.45) is 5.84 Å². The van der Waals surface area contributed by atoms with Gasteiger partial charge in [0.15, 0.2) is 0 Å². The molecule has 0 atom stereocenters. The Morgan fingerprint density at radius 1 is 0.677 bits per heavy atom. The van der Waals surface area contributed by atoms with E-state index in [0.29, 0.717) is 0 Å². The van der Waals surface area contributed by atoms with Crippen LogP contribution in [0.4, 0.5) is 11.4 Å². The molecule has 1 aliphatic rings. The van der Waals surface area contributed by atoms with Crippen molar-refractivity contribution >= 4 is 11.4 Å². The fourth-order valence-electron chi connectivity index (χ4n) is 4.68. The fourth-order valence-corrected chi connectivity index (χ4v) is 4.68. The van der Waals surface area contributed by atoms with Gasteiger partial charge in [-0.1, -0.05) is 74.5 Å². The Balaban J connectivity index is 1.57. The topological polar surface area (TPSA) is 38.5 Å². The summed E-state index contributed by atoms with van der Waals surface area (Å²) in [6.07, 6.45) is 0. The summed E-state index contributed by atoms with van der Waals surface area (Å²) in [5.74, 6) is 7.46. The maximum Gasteiger partial charge on any atom is 0.126 e. The Morgan fingerprint density at radius 2 is 1.32 bits per heavy atom. The van der Waals surface area contributed by atoms with Gasteiger partial charge in [-0.25, -0.2) is 5.84 Å². The van der Waals surface area contributed by atoms with Crippen molar-refractivity contribution in [3.05, 3.63) is 102 Å². The third-order valence-corrected chi connectivity index (χ3v) is 6.39. The Kier molecular flexibility index (Phi) is 4.57. The number of hydrogen-bond donors (Lipinski definition) is 1. The molecule has 0 aromatic heterocycles. The van der Waals surface area contributed by atoms with Crippen molar-refractivity contribution in [3.8, 4) is 28.0 Å². The van der Waals surface area contributed by atoms with Crippen LogP contribution in [0.15, 0.2) is 91.0 Å². The molecule has 31 heavy (non-hydrogen) atoms. The molecule has 2 N–H and O–H groups in total. The van der Waals surface area contributed by atoms with Crippen LogP contribution in [0.25, 0.3) is 22.3 Å². The van der Waals surface area contributed by atoms with Crippen LogP contribution in [0.5, 0.6) is 5.75 Å². The quantitative estimate of drug-likeness (QED) is 0.303. The molecule has 0 heterocycles.